The molecular formula is C14H26F3N5O3S. The van der Waals surface area contributed by atoms with Gasteiger partial charge in [-0.25, -0.2) is 13.4 Å². The highest BCUT2D eigenvalue weighted by atomic mass is 32.2. The standard InChI is InChI=1S/C14H26F3N5O3S/c1-3-18-12(23)10-21-13(19-4-2)20-9-11-5-7-22(8-6-11)26(24,25)14(15,16)17/h11H,3-10H2,1-2H3,(H,18,23)(H2,19,20,21). The molecule has 0 spiro atoms. The quantitative estimate of drug-likeness (QED) is 0.419. The number of alkyl halides is 3. The largest absolute Gasteiger partial charge is 0.511 e. The average Bonchev–Trinajstić information content (AvgIpc) is 2.57. The number of nitrogens with zero attached hydrogens (tertiary/aromatic N) is 2. The highest BCUT2D eigenvalue weighted by molar-refractivity contribution is 7.90. The molecule has 1 heterocycles. The van der Waals surface area contributed by atoms with E-state index in [2.05, 4.69) is 20.9 Å². The average molecular weight is 401 g/mol. The number of sulfonamides is 1. The maximum Gasteiger partial charge on any atom is 0.511 e. The Morgan fingerprint density at radius 1 is 1.12 bits per heavy atom. The van der Waals surface area contributed by atoms with Crippen LogP contribution in [0.25, 0.3) is 0 Å². The fraction of sp³-hybridized carbons (Fsp3) is 0.857. The van der Waals surface area contributed by atoms with Crippen LogP contribution in [0.4, 0.5) is 13.2 Å². The van der Waals surface area contributed by atoms with Gasteiger partial charge in [0.05, 0.1) is 0 Å². The maximum absolute atomic E-state index is 12.6. The van der Waals surface area contributed by atoms with Gasteiger partial charge < -0.3 is 16.0 Å². The summed E-state index contributed by atoms with van der Waals surface area (Å²) in [5, 5.41) is 8.64. The zero-order chi connectivity index (χ0) is 19.8. The van der Waals surface area contributed by atoms with Gasteiger partial charge in [0.15, 0.2) is 5.96 Å². The second-order valence-electron chi connectivity index (χ2n) is 5.82. The van der Waals surface area contributed by atoms with Crippen molar-refractivity contribution in [2.45, 2.75) is 32.2 Å². The number of likely N-dealkylation sites (N-methyl/N-ethyl adjacent to an activating group) is 1. The van der Waals surface area contributed by atoms with Crippen LogP contribution < -0.4 is 16.0 Å². The number of piperidine rings is 1. The van der Waals surface area contributed by atoms with Crippen LogP contribution >= 0.6 is 0 Å². The number of carbonyl (C=O) groups excluding carboxylic acids is 1. The van der Waals surface area contributed by atoms with E-state index in [1.54, 1.807) is 6.92 Å². The van der Waals surface area contributed by atoms with Crippen molar-refractivity contribution in [2.75, 3.05) is 39.3 Å². The smallest absolute Gasteiger partial charge is 0.357 e. The Kier molecular flexibility index (Phi) is 8.60. The van der Waals surface area contributed by atoms with E-state index in [0.29, 0.717) is 42.7 Å². The van der Waals surface area contributed by atoms with Crippen LogP contribution in [0.2, 0.25) is 0 Å². The third-order valence-corrected chi connectivity index (χ3v) is 5.49. The van der Waals surface area contributed by atoms with Crippen LogP contribution in [-0.4, -0.2) is 69.4 Å². The van der Waals surface area contributed by atoms with Crippen molar-refractivity contribution in [1.29, 1.82) is 0 Å². The summed E-state index contributed by atoms with van der Waals surface area (Å²) in [6, 6.07) is 0. The first-order chi connectivity index (χ1) is 12.1. The zero-order valence-corrected chi connectivity index (χ0v) is 15.7. The molecule has 0 aromatic heterocycles. The van der Waals surface area contributed by atoms with Crippen molar-refractivity contribution in [2.24, 2.45) is 10.9 Å². The monoisotopic (exact) mass is 401 g/mol. The van der Waals surface area contributed by atoms with E-state index in [-0.39, 0.29) is 31.5 Å². The van der Waals surface area contributed by atoms with Crippen LogP contribution in [-0.2, 0) is 14.8 Å². The normalized spacial score (nSPS) is 17.8. The molecule has 1 fully saturated rings. The molecule has 0 unspecified atom stereocenters. The molecular weight excluding hydrogens is 375 g/mol. The molecule has 0 bridgehead atoms. The van der Waals surface area contributed by atoms with Gasteiger partial charge in [0.25, 0.3) is 0 Å². The van der Waals surface area contributed by atoms with Crippen molar-refractivity contribution in [3.05, 3.63) is 0 Å². The molecule has 3 N–H and O–H groups in total. The summed E-state index contributed by atoms with van der Waals surface area (Å²) in [6.45, 7) is 4.83. The van der Waals surface area contributed by atoms with Gasteiger partial charge in [-0.2, -0.15) is 17.5 Å². The molecule has 1 saturated heterocycles. The molecule has 1 amide bonds. The van der Waals surface area contributed by atoms with Crippen molar-refractivity contribution < 1.29 is 26.4 Å². The lowest BCUT2D eigenvalue weighted by Gasteiger charge is -2.31. The van der Waals surface area contributed by atoms with Gasteiger partial charge in [-0.05, 0) is 32.6 Å². The third-order valence-electron chi connectivity index (χ3n) is 3.86. The second-order valence-corrected chi connectivity index (χ2v) is 7.75. The molecule has 0 saturated carbocycles. The highest BCUT2D eigenvalue weighted by Crippen LogP contribution is 2.30. The number of aliphatic imine (C=N–C) groups is 1. The van der Waals surface area contributed by atoms with Crippen molar-refractivity contribution in [3.63, 3.8) is 0 Å². The van der Waals surface area contributed by atoms with E-state index < -0.39 is 15.5 Å². The molecule has 0 aromatic carbocycles. The molecule has 0 atom stereocenters. The highest BCUT2D eigenvalue weighted by Gasteiger charge is 2.50. The minimum atomic E-state index is -5.26. The Labute approximate surface area is 151 Å². The van der Waals surface area contributed by atoms with Crippen LogP contribution in [0.3, 0.4) is 0 Å². The van der Waals surface area contributed by atoms with Crippen LogP contribution in [0.15, 0.2) is 4.99 Å². The van der Waals surface area contributed by atoms with Crippen LogP contribution in [0, 0.1) is 5.92 Å². The van der Waals surface area contributed by atoms with Crippen molar-refractivity contribution in [3.8, 4) is 0 Å². The lowest BCUT2D eigenvalue weighted by atomic mass is 9.98. The summed E-state index contributed by atoms with van der Waals surface area (Å²) in [5.74, 6) is 0.238. The van der Waals surface area contributed by atoms with Gasteiger partial charge in [-0.3, -0.25) is 4.79 Å². The number of carbonyl (C=O) groups is 1. The van der Waals surface area contributed by atoms with E-state index in [1.165, 1.54) is 0 Å². The van der Waals surface area contributed by atoms with E-state index in [4.69, 9.17) is 0 Å². The molecule has 0 aliphatic carbocycles. The molecule has 0 radical (unpaired) electrons. The summed E-state index contributed by atoms with van der Waals surface area (Å²) in [7, 11) is -5.25. The Bertz CT molecular complexity index is 587. The first-order valence-electron chi connectivity index (χ1n) is 8.47. The summed E-state index contributed by atoms with van der Waals surface area (Å²) in [5.41, 5.74) is -5.26. The van der Waals surface area contributed by atoms with Gasteiger partial charge >= 0.3 is 15.5 Å². The summed E-state index contributed by atoms with van der Waals surface area (Å²) in [6.07, 6.45) is 0.635. The first-order valence-corrected chi connectivity index (χ1v) is 9.91. The van der Waals surface area contributed by atoms with Crippen LogP contribution in [0.5, 0.6) is 0 Å². The van der Waals surface area contributed by atoms with Gasteiger partial charge in [0.1, 0.15) is 6.54 Å². The number of hydrogen-bond acceptors (Lipinski definition) is 4. The summed E-state index contributed by atoms with van der Waals surface area (Å²) >= 11 is 0. The molecule has 8 nitrogen and oxygen atoms in total. The van der Waals surface area contributed by atoms with E-state index >= 15 is 0 Å². The molecule has 1 rings (SSSR count). The third kappa shape index (κ3) is 6.63. The van der Waals surface area contributed by atoms with E-state index in [1.807, 2.05) is 6.92 Å². The summed E-state index contributed by atoms with van der Waals surface area (Å²) in [4.78, 5) is 15.6. The van der Waals surface area contributed by atoms with Crippen molar-refractivity contribution in [1.82, 2.24) is 20.3 Å². The predicted molar refractivity (Wildman–Crippen MR) is 91.9 cm³/mol. The number of guanidine groups is 1. The Hall–Kier alpha value is -1.56. The molecule has 1 aliphatic rings. The SMILES string of the molecule is CCNC(=O)CN=C(NCC)NCC1CCN(S(=O)(=O)C(F)(F)F)CC1. The fourth-order valence-electron chi connectivity index (χ4n) is 2.49. The van der Waals surface area contributed by atoms with Gasteiger partial charge in [0, 0.05) is 32.7 Å². The molecule has 152 valence electrons. The molecule has 12 heteroatoms. The first kappa shape index (κ1) is 22.5. The van der Waals surface area contributed by atoms with E-state index in [9.17, 15) is 26.4 Å². The number of amides is 1. The molecule has 0 aromatic rings. The predicted octanol–water partition coefficient (Wildman–Crippen LogP) is 0.239. The second kappa shape index (κ2) is 9.95. The van der Waals surface area contributed by atoms with Gasteiger partial charge in [0.2, 0.25) is 5.91 Å². The van der Waals surface area contributed by atoms with Crippen molar-refractivity contribution >= 4 is 21.9 Å². The molecule has 1 aliphatic heterocycles. The van der Waals surface area contributed by atoms with E-state index in [0.717, 1.165) is 0 Å². The number of rotatable bonds is 7. The Morgan fingerprint density at radius 3 is 2.19 bits per heavy atom. The lowest BCUT2D eigenvalue weighted by molar-refractivity contribution is -0.119. The van der Waals surface area contributed by atoms with Gasteiger partial charge in [-0.1, -0.05) is 0 Å². The Morgan fingerprint density at radius 2 is 1.69 bits per heavy atom. The number of nitrogens with one attached hydrogen (secondary N) is 3. The lowest BCUT2D eigenvalue weighted by Crippen LogP contribution is -2.47. The number of hydrogen-bond donors (Lipinski definition) is 3. The minimum absolute atomic E-state index is 0.0167. The maximum atomic E-state index is 12.6. The topological polar surface area (TPSA) is 103 Å². The van der Waals surface area contributed by atoms with Gasteiger partial charge in [-0.15, -0.1) is 0 Å². The fourth-order valence-corrected chi connectivity index (χ4v) is 3.47. The Balaban J connectivity index is 2.50. The minimum Gasteiger partial charge on any atom is -0.357 e. The summed E-state index contributed by atoms with van der Waals surface area (Å²) < 4.78 is 60.9. The zero-order valence-electron chi connectivity index (χ0n) is 14.9. The van der Waals surface area contributed by atoms with Crippen LogP contribution in [0.1, 0.15) is 26.7 Å². The molecule has 26 heavy (non-hydrogen) atoms. The number of halogens is 3.